The molecule has 0 rings (SSSR count). The number of hydrogen-bond acceptors (Lipinski definition) is 4. The van der Waals surface area contributed by atoms with E-state index in [1.807, 2.05) is 6.92 Å². The number of sulfonamides is 1. The Hall–Kier alpha value is -0.170. The van der Waals surface area contributed by atoms with Crippen molar-refractivity contribution in [2.45, 2.75) is 26.4 Å². The van der Waals surface area contributed by atoms with Gasteiger partial charge in [-0.15, -0.1) is 0 Å². The van der Waals surface area contributed by atoms with Gasteiger partial charge < -0.3 is 10.4 Å². The number of nitrogens with one attached hydrogen (secondary N) is 1. The molecule has 1 unspecified atom stereocenters. The zero-order chi connectivity index (χ0) is 11.9. The molecule has 0 spiro atoms. The predicted molar refractivity (Wildman–Crippen MR) is 61.3 cm³/mol. The summed E-state index contributed by atoms with van der Waals surface area (Å²) in [7, 11) is -1.62. The van der Waals surface area contributed by atoms with Crippen LogP contribution in [-0.2, 0) is 10.0 Å². The van der Waals surface area contributed by atoms with Gasteiger partial charge in [0.25, 0.3) is 0 Å². The van der Waals surface area contributed by atoms with E-state index in [-0.39, 0.29) is 5.75 Å². The predicted octanol–water partition coefficient (Wildman–Crippen LogP) is -0.372. The van der Waals surface area contributed by atoms with Crippen molar-refractivity contribution >= 4 is 10.0 Å². The van der Waals surface area contributed by atoms with Gasteiger partial charge in [0.1, 0.15) is 0 Å². The third-order valence-corrected chi connectivity index (χ3v) is 3.98. The molecule has 0 heterocycles. The van der Waals surface area contributed by atoms with Gasteiger partial charge in [-0.3, -0.25) is 0 Å². The van der Waals surface area contributed by atoms with Crippen LogP contribution in [-0.4, -0.2) is 56.4 Å². The van der Waals surface area contributed by atoms with Crippen LogP contribution >= 0.6 is 0 Å². The minimum Gasteiger partial charge on any atom is -0.393 e. The van der Waals surface area contributed by atoms with Gasteiger partial charge in [0.15, 0.2) is 0 Å². The van der Waals surface area contributed by atoms with Gasteiger partial charge in [0, 0.05) is 20.1 Å². The first-order valence-corrected chi connectivity index (χ1v) is 6.84. The number of rotatable bonds is 8. The van der Waals surface area contributed by atoms with E-state index >= 15 is 0 Å². The highest BCUT2D eigenvalue weighted by molar-refractivity contribution is 7.89. The summed E-state index contributed by atoms with van der Waals surface area (Å²) in [6.07, 6.45) is 0.00753. The molecular weight excluding hydrogens is 216 g/mol. The number of aliphatic hydroxyl groups excluding tert-OH is 1. The molecular formula is C9H22N2O3S. The summed E-state index contributed by atoms with van der Waals surface area (Å²) < 4.78 is 24.5. The molecule has 92 valence electrons. The summed E-state index contributed by atoms with van der Waals surface area (Å²) in [4.78, 5) is 0. The van der Waals surface area contributed by atoms with Crippen molar-refractivity contribution in [2.24, 2.45) is 0 Å². The monoisotopic (exact) mass is 238 g/mol. The second kappa shape index (κ2) is 7.16. The van der Waals surface area contributed by atoms with Crippen molar-refractivity contribution < 1.29 is 13.5 Å². The zero-order valence-electron chi connectivity index (χ0n) is 9.73. The molecule has 0 saturated carbocycles. The Morgan fingerprint density at radius 2 is 2.07 bits per heavy atom. The Morgan fingerprint density at radius 3 is 2.53 bits per heavy atom. The van der Waals surface area contributed by atoms with Crippen molar-refractivity contribution in [2.75, 3.05) is 32.4 Å². The smallest absolute Gasteiger partial charge is 0.215 e. The Morgan fingerprint density at radius 1 is 1.47 bits per heavy atom. The fraction of sp³-hybridized carbons (Fsp3) is 1.00. The van der Waals surface area contributed by atoms with Gasteiger partial charge in [-0.2, -0.15) is 0 Å². The third kappa shape index (κ3) is 6.83. The highest BCUT2D eigenvalue weighted by Crippen LogP contribution is 2.00. The minimum atomic E-state index is -3.17. The first-order chi connectivity index (χ1) is 6.90. The van der Waals surface area contributed by atoms with Gasteiger partial charge in [-0.25, -0.2) is 12.7 Å². The van der Waals surface area contributed by atoms with E-state index < -0.39 is 16.1 Å². The number of aliphatic hydroxyl groups is 1. The molecule has 0 bridgehead atoms. The summed E-state index contributed by atoms with van der Waals surface area (Å²) >= 11 is 0. The summed E-state index contributed by atoms with van der Waals surface area (Å²) in [6.45, 7) is 5.19. The lowest BCUT2D eigenvalue weighted by atomic mass is 10.3. The van der Waals surface area contributed by atoms with E-state index in [0.717, 1.165) is 6.54 Å². The first kappa shape index (κ1) is 14.8. The lowest BCUT2D eigenvalue weighted by molar-refractivity contribution is 0.177. The average molecular weight is 238 g/mol. The topological polar surface area (TPSA) is 69.6 Å². The molecule has 0 aromatic rings. The first-order valence-electron chi connectivity index (χ1n) is 5.23. The number of nitrogens with zero attached hydrogens (tertiary/aromatic N) is 1. The molecule has 0 saturated heterocycles. The largest absolute Gasteiger partial charge is 0.393 e. The zero-order valence-corrected chi connectivity index (χ0v) is 10.5. The van der Waals surface area contributed by atoms with Gasteiger partial charge in [0.05, 0.1) is 11.9 Å². The highest BCUT2D eigenvalue weighted by Gasteiger charge is 2.17. The minimum absolute atomic E-state index is 0.108. The fourth-order valence-electron chi connectivity index (χ4n) is 1.04. The second-order valence-electron chi connectivity index (χ2n) is 3.63. The molecule has 0 fully saturated rings. The Balaban J connectivity index is 3.97. The maximum Gasteiger partial charge on any atom is 0.215 e. The molecule has 0 aliphatic rings. The standard InChI is InChI=1S/C9H22N2O3S/c1-4-10-6-8-15(13,14)11(3)7-5-9(2)12/h9-10,12H,4-8H2,1-3H3. The summed E-state index contributed by atoms with van der Waals surface area (Å²) in [5.41, 5.74) is 0. The van der Waals surface area contributed by atoms with E-state index in [9.17, 15) is 8.42 Å². The molecule has 0 aromatic carbocycles. The van der Waals surface area contributed by atoms with Crippen LogP contribution in [0.3, 0.4) is 0 Å². The summed E-state index contributed by atoms with van der Waals surface area (Å²) in [6, 6.07) is 0. The van der Waals surface area contributed by atoms with E-state index in [1.54, 1.807) is 14.0 Å². The van der Waals surface area contributed by atoms with Crippen molar-refractivity contribution in [3.63, 3.8) is 0 Å². The van der Waals surface area contributed by atoms with Crippen molar-refractivity contribution in [3.8, 4) is 0 Å². The maximum absolute atomic E-state index is 11.6. The van der Waals surface area contributed by atoms with Gasteiger partial charge >= 0.3 is 0 Å². The van der Waals surface area contributed by atoms with E-state index in [2.05, 4.69) is 5.32 Å². The lowest BCUT2D eigenvalue weighted by Crippen LogP contribution is -2.35. The van der Waals surface area contributed by atoms with Crippen LogP contribution in [0.15, 0.2) is 0 Å². The van der Waals surface area contributed by atoms with Gasteiger partial charge in [-0.05, 0) is 19.9 Å². The normalized spacial score (nSPS) is 14.5. The molecule has 15 heavy (non-hydrogen) atoms. The molecule has 2 N–H and O–H groups in total. The average Bonchev–Trinajstić information content (AvgIpc) is 2.14. The van der Waals surface area contributed by atoms with Crippen LogP contribution in [0.2, 0.25) is 0 Å². The van der Waals surface area contributed by atoms with Crippen LogP contribution in [0.5, 0.6) is 0 Å². The SMILES string of the molecule is CCNCCS(=O)(=O)N(C)CCC(C)O. The Bertz CT molecular complexity index is 252. The van der Waals surface area contributed by atoms with Crippen LogP contribution in [0.1, 0.15) is 20.3 Å². The molecule has 0 amide bonds. The van der Waals surface area contributed by atoms with Crippen molar-refractivity contribution in [1.29, 1.82) is 0 Å². The third-order valence-electron chi connectivity index (χ3n) is 2.12. The quantitative estimate of drug-likeness (QED) is 0.566. The summed E-state index contributed by atoms with van der Waals surface area (Å²) in [5, 5.41) is 12.0. The molecule has 0 aromatic heterocycles. The fourth-order valence-corrected chi connectivity index (χ4v) is 2.14. The Kier molecular flexibility index (Phi) is 7.08. The van der Waals surface area contributed by atoms with E-state index in [0.29, 0.717) is 19.5 Å². The van der Waals surface area contributed by atoms with Crippen LogP contribution in [0.25, 0.3) is 0 Å². The van der Waals surface area contributed by atoms with Gasteiger partial charge in [0.2, 0.25) is 10.0 Å². The second-order valence-corrected chi connectivity index (χ2v) is 5.82. The van der Waals surface area contributed by atoms with Crippen molar-refractivity contribution in [3.05, 3.63) is 0 Å². The summed E-state index contributed by atoms with van der Waals surface area (Å²) in [5.74, 6) is 0.108. The number of hydrogen-bond donors (Lipinski definition) is 2. The lowest BCUT2D eigenvalue weighted by Gasteiger charge is -2.17. The Labute approximate surface area is 92.5 Å². The van der Waals surface area contributed by atoms with Gasteiger partial charge in [-0.1, -0.05) is 6.92 Å². The molecule has 5 nitrogen and oxygen atoms in total. The van der Waals surface area contributed by atoms with E-state index in [1.165, 1.54) is 4.31 Å². The van der Waals surface area contributed by atoms with Crippen LogP contribution < -0.4 is 5.32 Å². The molecule has 6 heteroatoms. The van der Waals surface area contributed by atoms with Crippen LogP contribution in [0.4, 0.5) is 0 Å². The molecule has 1 atom stereocenters. The maximum atomic E-state index is 11.6. The molecule has 0 aliphatic carbocycles. The highest BCUT2D eigenvalue weighted by atomic mass is 32.2. The van der Waals surface area contributed by atoms with Crippen LogP contribution in [0, 0.1) is 0 Å². The van der Waals surface area contributed by atoms with Crippen molar-refractivity contribution in [1.82, 2.24) is 9.62 Å². The molecule has 0 radical (unpaired) electrons. The molecule has 0 aliphatic heterocycles. The van der Waals surface area contributed by atoms with E-state index in [4.69, 9.17) is 5.11 Å².